The second-order valence-corrected chi connectivity index (χ2v) is 8.00. The fourth-order valence-electron chi connectivity index (χ4n) is 4.60. The van der Waals surface area contributed by atoms with Crippen LogP contribution < -0.4 is 4.74 Å². The minimum absolute atomic E-state index is 0.174. The smallest absolute Gasteiger partial charge is 0.236 e. The fourth-order valence-corrected chi connectivity index (χ4v) is 4.60. The Bertz CT molecular complexity index is 833. The summed E-state index contributed by atoms with van der Waals surface area (Å²) < 4.78 is 12.0. The number of piperidine rings is 1. The summed E-state index contributed by atoms with van der Waals surface area (Å²) in [5.41, 5.74) is 3.33. The lowest BCUT2D eigenvalue weighted by Gasteiger charge is -2.45. The second-order valence-electron chi connectivity index (χ2n) is 8.00. The van der Waals surface area contributed by atoms with Crippen molar-refractivity contribution in [1.29, 1.82) is 0 Å². The Hall–Kier alpha value is -2.44. The zero-order valence-electron chi connectivity index (χ0n) is 17.3. The van der Waals surface area contributed by atoms with Crippen molar-refractivity contribution in [1.82, 2.24) is 14.8 Å². The Morgan fingerprint density at radius 1 is 1.24 bits per heavy atom. The van der Waals surface area contributed by atoms with Gasteiger partial charge in [0.05, 0.1) is 20.3 Å². The predicted molar refractivity (Wildman–Crippen MR) is 111 cm³/mol. The minimum Gasteiger partial charge on any atom is -0.496 e. The molecule has 1 fully saturated rings. The highest BCUT2D eigenvalue weighted by molar-refractivity contribution is 5.78. The molecule has 0 atom stereocenters. The maximum atomic E-state index is 12.8. The molecular weight excluding hydrogens is 366 g/mol. The SMILES string of the molecule is COc1cccc2c1C1(CCN(C(=O)CN(C)Cc3ccncc3)CC1)OCC2. The van der Waals surface area contributed by atoms with E-state index in [1.807, 2.05) is 36.2 Å². The van der Waals surface area contributed by atoms with Gasteiger partial charge in [-0.15, -0.1) is 0 Å². The molecule has 154 valence electrons. The van der Waals surface area contributed by atoms with Crippen LogP contribution in [-0.2, 0) is 28.1 Å². The maximum absolute atomic E-state index is 12.8. The summed E-state index contributed by atoms with van der Waals surface area (Å²) in [5.74, 6) is 1.08. The van der Waals surface area contributed by atoms with Crippen LogP contribution in [0.1, 0.15) is 29.5 Å². The Balaban J connectivity index is 1.39. The largest absolute Gasteiger partial charge is 0.496 e. The average Bonchev–Trinajstić information content (AvgIpc) is 2.74. The topological polar surface area (TPSA) is 54.9 Å². The standard InChI is InChI=1S/C23H29N3O3/c1-25(16-18-6-11-24-12-7-18)17-21(27)26-13-9-23(10-14-26)22-19(8-15-29-23)4-3-5-20(22)28-2/h3-7,11-12H,8-10,13-17H2,1-2H3. The molecule has 6 nitrogen and oxygen atoms in total. The molecule has 1 aromatic heterocycles. The molecule has 0 saturated carbocycles. The summed E-state index contributed by atoms with van der Waals surface area (Å²) in [6.45, 7) is 3.29. The van der Waals surface area contributed by atoms with E-state index in [-0.39, 0.29) is 11.5 Å². The fraction of sp³-hybridized carbons (Fsp3) is 0.478. The summed E-state index contributed by atoms with van der Waals surface area (Å²) in [4.78, 5) is 20.9. The molecule has 1 aromatic carbocycles. The molecule has 0 N–H and O–H groups in total. The number of pyridine rings is 1. The van der Waals surface area contributed by atoms with Crippen LogP contribution in [0.3, 0.4) is 0 Å². The number of aromatic nitrogens is 1. The van der Waals surface area contributed by atoms with Crippen LogP contribution in [-0.4, -0.2) is 61.1 Å². The van der Waals surface area contributed by atoms with E-state index in [2.05, 4.69) is 16.0 Å². The molecule has 2 aromatic rings. The Labute approximate surface area is 172 Å². The Kier molecular flexibility index (Phi) is 5.83. The van der Waals surface area contributed by atoms with E-state index in [9.17, 15) is 4.79 Å². The van der Waals surface area contributed by atoms with Gasteiger partial charge in [-0.3, -0.25) is 14.7 Å². The molecule has 2 aliphatic heterocycles. The highest BCUT2D eigenvalue weighted by atomic mass is 16.5. The van der Waals surface area contributed by atoms with Crippen molar-refractivity contribution in [2.75, 3.05) is 40.4 Å². The van der Waals surface area contributed by atoms with Crippen molar-refractivity contribution in [3.63, 3.8) is 0 Å². The Morgan fingerprint density at radius 3 is 2.72 bits per heavy atom. The summed E-state index contributed by atoms with van der Waals surface area (Å²) in [5, 5.41) is 0. The van der Waals surface area contributed by atoms with Crippen LogP contribution >= 0.6 is 0 Å². The third-order valence-electron chi connectivity index (χ3n) is 6.07. The van der Waals surface area contributed by atoms with Gasteiger partial charge in [0, 0.05) is 37.6 Å². The zero-order valence-corrected chi connectivity index (χ0v) is 17.3. The lowest BCUT2D eigenvalue weighted by atomic mass is 9.78. The van der Waals surface area contributed by atoms with Crippen LogP contribution in [0.2, 0.25) is 0 Å². The lowest BCUT2D eigenvalue weighted by molar-refractivity contribution is -0.141. The number of carbonyl (C=O) groups excluding carboxylic acids is 1. The number of likely N-dealkylation sites (N-methyl/N-ethyl adjacent to an activating group) is 1. The van der Waals surface area contributed by atoms with Gasteiger partial charge in [-0.05, 0) is 55.6 Å². The first kappa shape index (κ1) is 19.9. The highest BCUT2D eigenvalue weighted by Gasteiger charge is 2.43. The van der Waals surface area contributed by atoms with Gasteiger partial charge in [0.1, 0.15) is 11.4 Å². The maximum Gasteiger partial charge on any atom is 0.236 e. The molecule has 3 heterocycles. The molecule has 2 aliphatic rings. The second kappa shape index (κ2) is 8.51. The number of fused-ring (bicyclic) bond motifs is 2. The normalized spacial score (nSPS) is 18.0. The van der Waals surface area contributed by atoms with E-state index < -0.39 is 0 Å². The third kappa shape index (κ3) is 4.14. The Morgan fingerprint density at radius 2 is 2.00 bits per heavy atom. The van der Waals surface area contributed by atoms with Crippen LogP contribution in [0, 0.1) is 0 Å². The monoisotopic (exact) mass is 395 g/mol. The first-order chi connectivity index (χ1) is 14.1. The number of methoxy groups -OCH3 is 1. The van der Waals surface area contributed by atoms with E-state index in [4.69, 9.17) is 9.47 Å². The van der Waals surface area contributed by atoms with Crippen molar-refractivity contribution >= 4 is 5.91 Å². The van der Waals surface area contributed by atoms with Gasteiger partial charge in [0.15, 0.2) is 0 Å². The molecule has 1 spiro atoms. The molecule has 1 amide bonds. The number of hydrogen-bond donors (Lipinski definition) is 0. The number of benzene rings is 1. The minimum atomic E-state index is -0.333. The summed E-state index contributed by atoms with van der Waals surface area (Å²) in [6.07, 6.45) is 6.09. The molecule has 29 heavy (non-hydrogen) atoms. The first-order valence-corrected chi connectivity index (χ1v) is 10.3. The van der Waals surface area contributed by atoms with Crippen molar-refractivity contribution in [3.8, 4) is 5.75 Å². The van der Waals surface area contributed by atoms with Gasteiger partial charge in [-0.25, -0.2) is 0 Å². The van der Waals surface area contributed by atoms with E-state index in [0.717, 1.165) is 43.7 Å². The van der Waals surface area contributed by atoms with Crippen molar-refractivity contribution in [3.05, 3.63) is 59.4 Å². The van der Waals surface area contributed by atoms with Crippen LogP contribution in [0.15, 0.2) is 42.7 Å². The van der Waals surface area contributed by atoms with Crippen LogP contribution in [0.25, 0.3) is 0 Å². The quantitative estimate of drug-likeness (QED) is 0.779. The van der Waals surface area contributed by atoms with Gasteiger partial charge in [-0.1, -0.05) is 12.1 Å². The number of carbonyl (C=O) groups is 1. The predicted octanol–water partition coefficient (Wildman–Crippen LogP) is 2.61. The van der Waals surface area contributed by atoms with E-state index in [1.54, 1.807) is 19.5 Å². The number of rotatable bonds is 5. The van der Waals surface area contributed by atoms with E-state index in [0.29, 0.717) is 19.6 Å². The molecular formula is C23H29N3O3. The zero-order chi connectivity index (χ0) is 20.3. The molecule has 6 heteroatoms. The van der Waals surface area contributed by atoms with Gasteiger partial charge in [0.25, 0.3) is 0 Å². The number of hydrogen-bond acceptors (Lipinski definition) is 5. The molecule has 0 radical (unpaired) electrons. The first-order valence-electron chi connectivity index (χ1n) is 10.3. The molecule has 4 rings (SSSR count). The van der Waals surface area contributed by atoms with Gasteiger partial charge in [0.2, 0.25) is 5.91 Å². The number of likely N-dealkylation sites (tertiary alicyclic amines) is 1. The van der Waals surface area contributed by atoms with Crippen molar-refractivity contribution < 1.29 is 14.3 Å². The lowest BCUT2D eigenvalue weighted by Crippen LogP contribution is -2.50. The van der Waals surface area contributed by atoms with Crippen LogP contribution in [0.4, 0.5) is 0 Å². The van der Waals surface area contributed by atoms with E-state index in [1.165, 1.54) is 11.1 Å². The average molecular weight is 396 g/mol. The van der Waals surface area contributed by atoms with Crippen molar-refractivity contribution in [2.45, 2.75) is 31.4 Å². The number of ether oxygens (including phenoxy) is 2. The van der Waals surface area contributed by atoms with Gasteiger partial charge in [-0.2, -0.15) is 0 Å². The summed E-state index contributed by atoms with van der Waals surface area (Å²) in [6, 6.07) is 10.2. The summed E-state index contributed by atoms with van der Waals surface area (Å²) in [7, 11) is 3.70. The van der Waals surface area contributed by atoms with Crippen molar-refractivity contribution in [2.24, 2.45) is 0 Å². The highest BCUT2D eigenvalue weighted by Crippen LogP contribution is 2.45. The number of amides is 1. The summed E-state index contributed by atoms with van der Waals surface area (Å²) >= 11 is 0. The third-order valence-corrected chi connectivity index (χ3v) is 6.07. The molecule has 0 aliphatic carbocycles. The van der Waals surface area contributed by atoms with Gasteiger partial charge < -0.3 is 14.4 Å². The molecule has 0 unspecified atom stereocenters. The molecule has 1 saturated heterocycles. The van der Waals surface area contributed by atoms with Gasteiger partial charge >= 0.3 is 0 Å². The van der Waals surface area contributed by atoms with Crippen LogP contribution in [0.5, 0.6) is 5.75 Å². The number of nitrogens with zero attached hydrogens (tertiary/aromatic N) is 3. The molecule has 0 bridgehead atoms. The van der Waals surface area contributed by atoms with E-state index >= 15 is 0 Å².